The van der Waals surface area contributed by atoms with Gasteiger partial charge in [0.05, 0.1) is 6.54 Å². The van der Waals surface area contributed by atoms with Crippen LogP contribution in [-0.2, 0) is 16.0 Å². The van der Waals surface area contributed by atoms with E-state index in [1.54, 1.807) is 20.8 Å². The molecule has 0 aliphatic rings. The fraction of sp³-hybridized carbons (Fsp3) is 0.500. The molecule has 0 spiro atoms. The van der Waals surface area contributed by atoms with Crippen molar-refractivity contribution in [1.29, 1.82) is 0 Å². The Morgan fingerprint density at radius 2 is 1.76 bits per heavy atom. The summed E-state index contributed by atoms with van der Waals surface area (Å²) >= 11 is 0. The molecule has 116 valence electrons. The number of nitrogens with one attached hydrogen (secondary N) is 2. The van der Waals surface area contributed by atoms with E-state index in [9.17, 15) is 9.59 Å². The molecule has 5 heteroatoms. The first-order chi connectivity index (χ1) is 9.87. The summed E-state index contributed by atoms with van der Waals surface area (Å²) in [4.78, 5) is 22.9. The highest BCUT2D eigenvalue weighted by Gasteiger charge is 2.16. The second-order valence-electron chi connectivity index (χ2n) is 5.79. The SMILES string of the molecule is CC(C)(C)OC(=O)NCC(=O)NCCCc1ccccc1. The number of carbonyl (C=O) groups is 2. The van der Waals surface area contributed by atoms with E-state index in [4.69, 9.17) is 4.74 Å². The van der Waals surface area contributed by atoms with Crippen molar-refractivity contribution in [2.24, 2.45) is 0 Å². The Morgan fingerprint density at radius 1 is 1.10 bits per heavy atom. The summed E-state index contributed by atoms with van der Waals surface area (Å²) in [5.41, 5.74) is 0.689. The number of alkyl carbamates (subject to hydrolysis) is 1. The highest BCUT2D eigenvalue weighted by molar-refractivity contribution is 5.82. The van der Waals surface area contributed by atoms with Gasteiger partial charge in [0, 0.05) is 6.54 Å². The van der Waals surface area contributed by atoms with Crippen LogP contribution in [0.15, 0.2) is 30.3 Å². The van der Waals surface area contributed by atoms with E-state index in [1.807, 2.05) is 18.2 Å². The molecule has 0 saturated carbocycles. The Labute approximate surface area is 126 Å². The molecule has 2 N–H and O–H groups in total. The molecule has 5 nitrogen and oxygen atoms in total. The average Bonchev–Trinajstić information content (AvgIpc) is 2.41. The number of carbonyl (C=O) groups excluding carboxylic acids is 2. The standard InChI is InChI=1S/C16H24N2O3/c1-16(2,3)21-15(20)18-12-14(19)17-11-7-10-13-8-5-4-6-9-13/h4-6,8-9H,7,10-12H2,1-3H3,(H,17,19)(H,18,20). The molecule has 1 aromatic rings. The number of amides is 2. The van der Waals surface area contributed by atoms with Gasteiger partial charge >= 0.3 is 6.09 Å². The lowest BCUT2D eigenvalue weighted by Crippen LogP contribution is -2.40. The van der Waals surface area contributed by atoms with Gasteiger partial charge in [0.15, 0.2) is 0 Å². The van der Waals surface area contributed by atoms with Crippen molar-refractivity contribution in [2.45, 2.75) is 39.2 Å². The molecule has 2 amide bonds. The van der Waals surface area contributed by atoms with Crippen LogP contribution in [0.4, 0.5) is 4.79 Å². The number of benzene rings is 1. The van der Waals surface area contributed by atoms with E-state index in [1.165, 1.54) is 5.56 Å². The Kier molecular flexibility index (Phi) is 6.72. The van der Waals surface area contributed by atoms with Crippen molar-refractivity contribution in [3.05, 3.63) is 35.9 Å². The maximum atomic E-state index is 11.5. The Balaban J connectivity index is 2.10. The molecule has 0 heterocycles. The van der Waals surface area contributed by atoms with Crippen LogP contribution < -0.4 is 10.6 Å². The highest BCUT2D eigenvalue weighted by atomic mass is 16.6. The van der Waals surface area contributed by atoms with Crippen LogP contribution in [-0.4, -0.2) is 30.7 Å². The van der Waals surface area contributed by atoms with Crippen LogP contribution in [0.1, 0.15) is 32.8 Å². The second kappa shape index (κ2) is 8.29. The highest BCUT2D eigenvalue weighted by Crippen LogP contribution is 2.06. The Hall–Kier alpha value is -2.04. The zero-order chi connectivity index (χ0) is 15.7. The van der Waals surface area contributed by atoms with E-state index in [0.717, 1.165) is 12.8 Å². The van der Waals surface area contributed by atoms with Crippen molar-refractivity contribution >= 4 is 12.0 Å². The zero-order valence-electron chi connectivity index (χ0n) is 12.9. The van der Waals surface area contributed by atoms with Crippen LogP contribution in [0, 0.1) is 0 Å². The minimum atomic E-state index is -0.582. The third-order valence-electron chi connectivity index (χ3n) is 2.60. The molecule has 0 unspecified atom stereocenters. The lowest BCUT2D eigenvalue weighted by Gasteiger charge is -2.19. The number of rotatable bonds is 6. The maximum Gasteiger partial charge on any atom is 0.408 e. The molecule has 0 radical (unpaired) electrons. The van der Waals surface area contributed by atoms with Gasteiger partial charge in [0.2, 0.25) is 5.91 Å². The van der Waals surface area contributed by atoms with Crippen molar-refractivity contribution < 1.29 is 14.3 Å². The van der Waals surface area contributed by atoms with E-state index in [0.29, 0.717) is 6.54 Å². The Morgan fingerprint density at radius 3 is 2.38 bits per heavy atom. The summed E-state index contributed by atoms with van der Waals surface area (Å²) in [5, 5.41) is 5.19. The summed E-state index contributed by atoms with van der Waals surface area (Å²) in [7, 11) is 0. The van der Waals surface area contributed by atoms with Crippen molar-refractivity contribution in [3.8, 4) is 0 Å². The largest absolute Gasteiger partial charge is 0.444 e. The van der Waals surface area contributed by atoms with Gasteiger partial charge < -0.3 is 15.4 Å². The normalized spacial score (nSPS) is 10.8. The molecule has 0 aliphatic heterocycles. The van der Waals surface area contributed by atoms with E-state index < -0.39 is 11.7 Å². The number of hydrogen-bond donors (Lipinski definition) is 2. The van der Waals surface area contributed by atoms with E-state index >= 15 is 0 Å². The minimum Gasteiger partial charge on any atom is -0.444 e. The summed E-state index contributed by atoms with van der Waals surface area (Å²) < 4.78 is 5.04. The van der Waals surface area contributed by atoms with Crippen LogP contribution >= 0.6 is 0 Å². The monoisotopic (exact) mass is 292 g/mol. The third kappa shape index (κ3) is 8.68. The lowest BCUT2D eigenvalue weighted by atomic mass is 10.1. The third-order valence-corrected chi connectivity index (χ3v) is 2.60. The zero-order valence-corrected chi connectivity index (χ0v) is 12.9. The van der Waals surface area contributed by atoms with Crippen molar-refractivity contribution in [3.63, 3.8) is 0 Å². The van der Waals surface area contributed by atoms with Gasteiger partial charge in [-0.15, -0.1) is 0 Å². The fourth-order valence-electron chi connectivity index (χ4n) is 1.69. The molecular weight excluding hydrogens is 268 g/mol. The maximum absolute atomic E-state index is 11.5. The van der Waals surface area contributed by atoms with Gasteiger partial charge in [-0.3, -0.25) is 4.79 Å². The number of hydrogen-bond acceptors (Lipinski definition) is 3. The predicted octanol–water partition coefficient (Wildman–Crippen LogP) is 2.26. The first kappa shape index (κ1) is 17.0. The van der Waals surface area contributed by atoms with Gasteiger partial charge in [-0.25, -0.2) is 4.79 Å². The summed E-state index contributed by atoms with van der Waals surface area (Å²) in [6.07, 6.45) is 1.20. The van der Waals surface area contributed by atoms with Crippen LogP contribution in [0.2, 0.25) is 0 Å². The van der Waals surface area contributed by atoms with Gasteiger partial charge in [0.25, 0.3) is 0 Å². The van der Waals surface area contributed by atoms with E-state index in [2.05, 4.69) is 22.8 Å². The van der Waals surface area contributed by atoms with Gasteiger partial charge in [0.1, 0.15) is 5.60 Å². The molecule has 1 rings (SSSR count). The van der Waals surface area contributed by atoms with Crippen molar-refractivity contribution in [2.75, 3.05) is 13.1 Å². The van der Waals surface area contributed by atoms with Crippen LogP contribution in [0.25, 0.3) is 0 Å². The molecule has 1 aromatic carbocycles. The second-order valence-corrected chi connectivity index (χ2v) is 5.79. The quantitative estimate of drug-likeness (QED) is 0.790. The number of ether oxygens (including phenoxy) is 1. The average molecular weight is 292 g/mol. The van der Waals surface area contributed by atoms with E-state index in [-0.39, 0.29) is 12.5 Å². The molecule has 0 aliphatic carbocycles. The Bertz CT molecular complexity index is 452. The number of aryl methyl sites for hydroxylation is 1. The first-order valence-electron chi connectivity index (χ1n) is 7.14. The molecular formula is C16H24N2O3. The van der Waals surface area contributed by atoms with Gasteiger partial charge in [-0.1, -0.05) is 30.3 Å². The fourth-order valence-corrected chi connectivity index (χ4v) is 1.69. The summed E-state index contributed by atoms with van der Waals surface area (Å²) in [6.45, 7) is 5.84. The first-order valence-corrected chi connectivity index (χ1v) is 7.14. The predicted molar refractivity (Wildman–Crippen MR) is 82.0 cm³/mol. The van der Waals surface area contributed by atoms with Gasteiger partial charge in [-0.2, -0.15) is 0 Å². The molecule has 0 atom stereocenters. The molecule has 0 bridgehead atoms. The van der Waals surface area contributed by atoms with Crippen LogP contribution in [0.5, 0.6) is 0 Å². The molecule has 21 heavy (non-hydrogen) atoms. The minimum absolute atomic E-state index is 0.0692. The summed E-state index contributed by atoms with van der Waals surface area (Å²) in [5.74, 6) is -0.214. The summed E-state index contributed by atoms with van der Waals surface area (Å²) in [6, 6.07) is 10.1. The topological polar surface area (TPSA) is 67.4 Å². The molecule has 0 saturated heterocycles. The molecule has 0 fully saturated rings. The lowest BCUT2D eigenvalue weighted by molar-refractivity contribution is -0.120. The van der Waals surface area contributed by atoms with Crippen LogP contribution in [0.3, 0.4) is 0 Å². The van der Waals surface area contributed by atoms with Crippen molar-refractivity contribution in [1.82, 2.24) is 10.6 Å². The molecule has 0 aromatic heterocycles. The smallest absolute Gasteiger partial charge is 0.408 e. The van der Waals surface area contributed by atoms with Gasteiger partial charge in [-0.05, 0) is 39.2 Å².